The van der Waals surface area contributed by atoms with Gasteiger partial charge in [0.15, 0.2) is 5.79 Å². The van der Waals surface area contributed by atoms with Crippen molar-refractivity contribution in [1.82, 2.24) is 9.80 Å². The third-order valence-corrected chi connectivity index (χ3v) is 4.79. The zero-order valence-corrected chi connectivity index (χ0v) is 12.9. The third kappa shape index (κ3) is 2.71. The van der Waals surface area contributed by atoms with Gasteiger partial charge in [0.25, 0.3) is 0 Å². The Kier molecular flexibility index (Phi) is 3.55. The van der Waals surface area contributed by atoms with Crippen molar-refractivity contribution in [3.8, 4) is 0 Å². The molecule has 3 aliphatic rings. The maximum absolute atomic E-state index is 12.5. The molecule has 3 rings (SSSR count). The molecule has 1 amide bonds. The van der Waals surface area contributed by atoms with E-state index in [2.05, 4.69) is 11.9 Å². The SMILES string of the molecule is CN1CCCC(C(=O)N2CC3(COC(C)(C)OC3)C2)C1. The van der Waals surface area contributed by atoms with Gasteiger partial charge in [0.05, 0.1) is 24.5 Å². The normalized spacial score (nSPS) is 33.0. The van der Waals surface area contributed by atoms with Gasteiger partial charge < -0.3 is 19.3 Å². The molecular weight excluding hydrogens is 256 g/mol. The summed E-state index contributed by atoms with van der Waals surface area (Å²) < 4.78 is 11.5. The van der Waals surface area contributed by atoms with E-state index in [9.17, 15) is 4.79 Å². The van der Waals surface area contributed by atoms with Crippen molar-refractivity contribution in [2.45, 2.75) is 32.5 Å². The summed E-state index contributed by atoms with van der Waals surface area (Å²) in [5, 5.41) is 0. The van der Waals surface area contributed by atoms with Crippen molar-refractivity contribution in [2.24, 2.45) is 11.3 Å². The molecule has 0 aliphatic carbocycles. The number of carbonyl (C=O) groups excluding carboxylic acids is 1. The molecule has 0 aromatic rings. The highest BCUT2D eigenvalue weighted by atomic mass is 16.7. The summed E-state index contributed by atoms with van der Waals surface area (Å²) in [4.78, 5) is 16.8. The van der Waals surface area contributed by atoms with Gasteiger partial charge in [0.1, 0.15) is 0 Å². The van der Waals surface area contributed by atoms with Crippen molar-refractivity contribution in [3.05, 3.63) is 0 Å². The van der Waals surface area contributed by atoms with Gasteiger partial charge >= 0.3 is 0 Å². The maximum Gasteiger partial charge on any atom is 0.227 e. The number of carbonyl (C=O) groups is 1. The van der Waals surface area contributed by atoms with Crippen molar-refractivity contribution in [3.63, 3.8) is 0 Å². The average Bonchev–Trinajstić information content (AvgIpc) is 2.36. The highest BCUT2D eigenvalue weighted by Crippen LogP contribution is 2.38. The summed E-state index contributed by atoms with van der Waals surface area (Å²) >= 11 is 0. The van der Waals surface area contributed by atoms with Gasteiger partial charge in [-0.2, -0.15) is 0 Å². The molecule has 1 spiro atoms. The van der Waals surface area contributed by atoms with Gasteiger partial charge in [-0.05, 0) is 40.3 Å². The van der Waals surface area contributed by atoms with Gasteiger partial charge in [-0.3, -0.25) is 4.79 Å². The standard InChI is InChI=1S/C15H26N2O3/c1-14(2)19-10-15(11-20-14)8-17(9-15)13(18)12-5-4-6-16(3)7-12/h12H,4-11H2,1-3H3. The van der Waals surface area contributed by atoms with E-state index >= 15 is 0 Å². The van der Waals surface area contributed by atoms with Crippen molar-refractivity contribution in [1.29, 1.82) is 0 Å². The molecule has 0 saturated carbocycles. The van der Waals surface area contributed by atoms with Crippen LogP contribution in [-0.4, -0.2) is 67.9 Å². The second kappa shape index (κ2) is 4.97. The Hall–Kier alpha value is -0.650. The highest BCUT2D eigenvalue weighted by molar-refractivity contribution is 5.80. The van der Waals surface area contributed by atoms with E-state index in [0.29, 0.717) is 19.1 Å². The summed E-state index contributed by atoms with van der Waals surface area (Å²) in [6.07, 6.45) is 2.17. The lowest BCUT2D eigenvalue weighted by Crippen LogP contribution is -2.67. The molecule has 1 unspecified atom stereocenters. The van der Waals surface area contributed by atoms with E-state index < -0.39 is 5.79 Å². The van der Waals surface area contributed by atoms with Crippen LogP contribution in [0.2, 0.25) is 0 Å². The predicted octanol–water partition coefficient (Wildman–Crippen LogP) is 0.940. The van der Waals surface area contributed by atoms with Gasteiger partial charge in [0, 0.05) is 19.6 Å². The van der Waals surface area contributed by atoms with Gasteiger partial charge in [-0.1, -0.05) is 0 Å². The summed E-state index contributed by atoms with van der Waals surface area (Å²) in [7, 11) is 2.10. The number of nitrogens with zero attached hydrogens (tertiary/aromatic N) is 2. The van der Waals surface area contributed by atoms with Crippen LogP contribution in [0.1, 0.15) is 26.7 Å². The van der Waals surface area contributed by atoms with E-state index in [-0.39, 0.29) is 11.3 Å². The van der Waals surface area contributed by atoms with Crippen LogP contribution in [0.25, 0.3) is 0 Å². The lowest BCUT2D eigenvalue weighted by Gasteiger charge is -2.54. The number of piperidine rings is 1. The first-order valence-corrected chi connectivity index (χ1v) is 7.64. The van der Waals surface area contributed by atoms with Crippen LogP contribution in [-0.2, 0) is 14.3 Å². The van der Waals surface area contributed by atoms with Crippen LogP contribution in [0.5, 0.6) is 0 Å². The topological polar surface area (TPSA) is 42.0 Å². The molecule has 3 saturated heterocycles. The Bertz CT molecular complexity index is 379. The number of hydrogen-bond acceptors (Lipinski definition) is 4. The van der Waals surface area contributed by atoms with E-state index in [4.69, 9.17) is 9.47 Å². The van der Waals surface area contributed by atoms with Crippen molar-refractivity contribution < 1.29 is 14.3 Å². The largest absolute Gasteiger partial charge is 0.350 e. The van der Waals surface area contributed by atoms with Crippen molar-refractivity contribution >= 4 is 5.91 Å². The van der Waals surface area contributed by atoms with Gasteiger partial charge in [0.2, 0.25) is 5.91 Å². The Morgan fingerprint density at radius 2 is 1.85 bits per heavy atom. The molecule has 3 fully saturated rings. The number of likely N-dealkylation sites (tertiary alicyclic amines) is 2. The van der Waals surface area contributed by atoms with Crippen LogP contribution < -0.4 is 0 Å². The first-order valence-electron chi connectivity index (χ1n) is 7.64. The summed E-state index contributed by atoms with van der Waals surface area (Å²) in [5.74, 6) is 0.0434. The van der Waals surface area contributed by atoms with Gasteiger partial charge in [-0.25, -0.2) is 0 Å². The molecule has 5 nitrogen and oxygen atoms in total. The molecule has 20 heavy (non-hydrogen) atoms. The fraction of sp³-hybridized carbons (Fsp3) is 0.933. The van der Waals surface area contributed by atoms with Crippen LogP contribution in [0.3, 0.4) is 0 Å². The fourth-order valence-corrected chi connectivity index (χ4v) is 3.47. The van der Waals surface area contributed by atoms with Crippen molar-refractivity contribution in [2.75, 3.05) is 46.4 Å². The minimum absolute atomic E-state index is 0.0474. The Balaban J connectivity index is 1.51. The highest BCUT2D eigenvalue weighted by Gasteiger charge is 2.51. The quantitative estimate of drug-likeness (QED) is 0.718. The van der Waals surface area contributed by atoms with Gasteiger partial charge in [-0.15, -0.1) is 0 Å². The van der Waals surface area contributed by atoms with Crippen LogP contribution >= 0.6 is 0 Å². The average molecular weight is 282 g/mol. The zero-order chi connectivity index (χ0) is 14.4. The van der Waals surface area contributed by atoms with E-state index in [1.54, 1.807) is 0 Å². The zero-order valence-electron chi connectivity index (χ0n) is 12.9. The summed E-state index contributed by atoms with van der Waals surface area (Å²) in [6, 6.07) is 0. The first-order chi connectivity index (χ1) is 9.39. The monoisotopic (exact) mass is 282 g/mol. The number of rotatable bonds is 1. The number of hydrogen-bond donors (Lipinski definition) is 0. The Labute approximate surface area is 121 Å². The molecule has 1 atom stereocenters. The van der Waals surface area contributed by atoms with Crippen LogP contribution in [0.15, 0.2) is 0 Å². The lowest BCUT2D eigenvalue weighted by molar-refractivity contribution is -0.303. The molecule has 0 radical (unpaired) electrons. The molecule has 3 aliphatic heterocycles. The van der Waals surface area contributed by atoms with E-state index in [1.807, 2.05) is 18.7 Å². The maximum atomic E-state index is 12.5. The smallest absolute Gasteiger partial charge is 0.227 e. The summed E-state index contributed by atoms with van der Waals surface area (Å²) in [5.41, 5.74) is 0.0474. The molecule has 0 N–H and O–H groups in total. The molecular formula is C15H26N2O3. The first kappa shape index (κ1) is 14.3. The second-order valence-electron chi connectivity index (χ2n) is 7.27. The molecule has 0 aromatic carbocycles. The predicted molar refractivity (Wildman–Crippen MR) is 75.2 cm³/mol. The summed E-state index contributed by atoms with van der Waals surface area (Å²) in [6.45, 7) is 8.90. The number of ether oxygens (including phenoxy) is 2. The van der Waals surface area contributed by atoms with Crippen LogP contribution in [0.4, 0.5) is 0 Å². The lowest BCUT2D eigenvalue weighted by atomic mass is 9.79. The van der Waals surface area contributed by atoms with E-state index in [1.165, 1.54) is 0 Å². The molecule has 5 heteroatoms. The van der Waals surface area contributed by atoms with Crippen LogP contribution in [0, 0.1) is 11.3 Å². The van der Waals surface area contributed by atoms with E-state index in [0.717, 1.165) is 39.0 Å². The molecule has 0 aromatic heterocycles. The molecule has 114 valence electrons. The minimum atomic E-state index is -0.470. The Morgan fingerprint density at radius 3 is 2.45 bits per heavy atom. The third-order valence-electron chi connectivity index (χ3n) is 4.79. The number of amides is 1. The molecule has 0 bridgehead atoms. The second-order valence-corrected chi connectivity index (χ2v) is 7.27. The molecule has 3 heterocycles. The minimum Gasteiger partial charge on any atom is -0.350 e. The Morgan fingerprint density at radius 1 is 1.20 bits per heavy atom. The fourth-order valence-electron chi connectivity index (χ4n) is 3.47.